The summed E-state index contributed by atoms with van der Waals surface area (Å²) in [5.74, 6) is 0.989. The molecular formula is C22H24Cl2N2O4. The Morgan fingerprint density at radius 2 is 1.77 bits per heavy atom. The van der Waals surface area contributed by atoms with Gasteiger partial charge in [-0.05, 0) is 55.2 Å². The fourth-order valence-corrected chi connectivity index (χ4v) is 4.15. The fourth-order valence-electron chi connectivity index (χ4n) is 3.62. The van der Waals surface area contributed by atoms with Crippen molar-refractivity contribution in [3.63, 3.8) is 0 Å². The van der Waals surface area contributed by atoms with Crippen LogP contribution in [0.2, 0.25) is 10.0 Å². The van der Waals surface area contributed by atoms with Gasteiger partial charge in [0.2, 0.25) is 11.8 Å². The second kappa shape index (κ2) is 10.0. The number of likely N-dealkylation sites (tertiary alicyclic amines) is 1. The minimum atomic E-state index is -0.499. The minimum Gasteiger partial charge on any atom is -0.493 e. The zero-order valence-corrected chi connectivity index (χ0v) is 18.4. The lowest BCUT2D eigenvalue weighted by Crippen LogP contribution is -2.43. The highest BCUT2D eigenvalue weighted by Crippen LogP contribution is 2.29. The molecule has 0 saturated carbocycles. The van der Waals surface area contributed by atoms with Crippen molar-refractivity contribution in [1.82, 2.24) is 4.90 Å². The van der Waals surface area contributed by atoms with Gasteiger partial charge in [-0.2, -0.15) is 0 Å². The molecule has 160 valence electrons. The van der Waals surface area contributed by atoms with Crippen LogP contribution in [0.5, 0.6) is 11.5 Å². The molecule has 1 atom stereocenters. The molecule has 8 heteroatoms. The highest BCUT2D eigenvalue weighted by atomic mass is 35.5. The summed E-state index contributed by atoms with van der Waals surface area (Å²) in [7, 11) is 3.16. The number of carbonyl (C=O) groups is 2. The minimum absolute atomic E-state index is 0.0495. The van der Waals surface area contributed by atoms with Gasteiger partial charge >= 0.3 is 0 Å². The molecule has 1 aliphatic heterocycles. The Balaban J connectivity index is 1.62. The number of ether oxygens (including phenoxy) is 2. The van der Waals surface area contributed by atoms with Crippen LogP contribution in [0.15, 0.2) is 36.4 Å². The molecule has 1 unspecified atom stereocenters. The van der Waals surface area contributed by atoms with Crippen LogP contribution < -0.4 is 14.8 Å². The SMILES string of the molecule is COc1ccc(CCC(=O)N2CCCC2C(=O)Nc2cc(Cl)cc(Cl)c2)cc1OC. The van der Waals surface area contributed by atoms with Gasteiger partial charge in [-0.3, -0.25) is 9.59 Å². The van der Waals surface area contributed by atoms with Crippen molar-refractivity contribution in [1.29, 1.82) is 0 Å². The van der Waals surface area contributed by atoms with Crippen LogP contribution in [-0.4, -0.2) is 43.5 Å². The number of benzene rings is 2. The number of aryl methyl sites for hydroxylation is 1. The van der Waals surface area contributed by atoms with E-state index in [0.717, 1.165) is 12.0 Å². The van der Waals surface area contributed by atoms with E-state index in [-0.39, 0.29) is 11.8 Å². The molecule has 1 fully saturated rings. The van der Waals surface area contributed by atoms with E-state index >= 15 is 0 Å². The zero-order chi connectivity index (χ0) is 21.7. The number of carbonyl (C=O) groups excluding carboxylic acids is 2. The van der Waals surface area contributed by atoms with Crippen LogP contribution in [0.3, 0.4) is 0 Å². The van der Waals surface area contributed by atoms with Crippen molar-refractivity contribution in [3.8, 4) is 11.5 Å². The third kappa shape index (κ3) is 5.37. The van der Waals surface area contributed by atoms with Crippen molar-refractivity contribution >= 4 is 40.7 Å². The molecule has 2 aromatic carbocycles. The lowest BCUT2D eigenvalue weighted by atomic mass is 10.1. The van der Waals surface area contributed by atoms with Crippen molar-refractivity contribution in [2.75, 3.05) is 26.1 Å². The molecule has 0 bridgehead atoms. The Kier molecular flexibility index (Phi) is 7.45. The summed E-state index contributed by atoms with van der Waals surface area (Å²) in [6.45, 7) is 0.569. The van der Waals surface area contributed by atoms with Crippen LogP contribution >= 0.6 is 23.2 Å². The second-order valence-corrected chi connectivity index (χ2v) is 7.95. The van der Waals surface area contributed by atoms with Gasteiger partial charge in [0.15, 0.2) is 11.5 Å². The molecule has 1 heterocycles. The number of methoxy groups -OCH3 is 2. The number of anilines is 1. The third-order valence-electron chi connectivity index (χ3n) is 5.08. The number of nitrogens with one attached hydrogen (secondary N) is 1. The molecule has 0 spiro atoms. The largest absolute Gasteiger partial charge is 0.493 e. The number of rotatable bonds is 7. The summed E-state index contributed by atoms with van der Waals surface area (Å²) >= 11 is 12.0. The number of hydrogen-bond donors (Lipinski definition) is 1. The second-order valence-electron chi connectivity index (χ2n) is 7.08. The van der Waals surface area contributed by atoms with E-state index in [0.29, 0.717) is 53.0 Å². The summed E-state index contributed by atoms with van der Waals surface area (Å²) in [5.41, 5.74) is 1.48. The van der Waals surface area contributed by atoms with Crippen molar-refractivity contribution in [3.05, 3.63) is 52.0 Å². The van der Waals surface area contributed by atoms with Crippen LogP contribution in [0, 0.1) is 0 Å². The van der Waals surface area contributed by atoms with Gasteiger partial charge in [0.25, 0.3) is 0 Å². The third-order valence-corrected chi connectivity index (χ3v) is 5.52. The summed E-state index contributed by atoms with van der Waals surface area (Å²) in [5, 5.41) is 3.69. The highest BCUT2D eigenvalue weighted by molar-refractivity contribution is 6.35. The topological polar surface area (TPSA) is 67.9 Å². The summed E-state index contributed by atoms with van der Waals surface area (Å²) < 4.78 is 10.6. The molecule has 1 saturated heterocycles. The van der Waals surface area contributed by atoms with E-state index in [2.05, 4.69) is 5.32 Å². The highest BCUT2D eigenvalue weighted by Gasteiger charge is 2.33. The first-order chi connectivity index (χ1) is 14.4. The Bertz CT molecular complexity index is 915. The quantitative estimate of drug-likeness (QED) is 0.670. The molecule has 30 heavy (non-hydrogen) atoms. The maximum atomic E-state index is 12.8. The van der Waals surface area contributed by atoms with E-state index in [1.807, 2.05) is 18.2 Å². The molecule has 0 aromatic heterocycles. The van der Waals surface area contributed by atoms with Crippen molar-refractivity contribution in [2.24, 2.45) is 0 Å². The molecule has 2 aromatic rings. The number of nitrogens with zero attached hydrogens (tertiary/aromatic N) is 1. The van der Waals surface area contributed by atoms with Gasteiger partial charge in [-0.25, -0.2) is 0 Å². The Morgan fingerprint density at radius 1 is 1.07 bits per heavy atom. The molecule has 6 nitrogen and oxygen atoms in total. The van der Waals surface area contributed by atoms with Gasteiger partial charge in [0.1, 0.15) is 6.04 Å². The molecule has 2 amide bonds. The Morgan fingerprint density at radius 3 is 2.43 bits per heavy atom. The van der Waals surface area contributed by atoms with Gasteiger partial charge < -0.3 is 19.7 Å². The number of halogens is 2. The van der Waals surface area contributed by atoms with Gasteiger partial charge in [0.05, 0.1) is 14.2 Å². The van der Waals surface area contributed by atoms with Crippen LogP contribution in [0.1, 0.15) is 24.8 Å². The molecule has 1 aliphatic rings. The van der Waals surface area contributed by atoms with Crippen molar-refractivity contribution in [2.45, 2.75) is 31.7 Å². The smallest absolute Gasteiger partial charge is 0.247 e. The molecular weight excluding hydrogens is 427 g/mol. The zero-order valence-electron chi connectivity index (χ0n) is 16.9. The molecule has 3 rings (SSSR count). The van der Waals surface area contributed by atoms with Gasteiger partial charge in [-0.1, -0.05) is 29.3 Å². The van der Waals surface area contributed by atoms with E-state index in [4.69, 9.17) is 32.7 Å². The molecule has 0 aliphatic carbocycles. The maximum Gasteiger partial charge on any atom is 0.247 e. The van der Waals surface area contributed by atoms with E-state index in [1.54, 1.807) is 37.3 Å². The Hall–Kier alpha value is -2.44. The van der Waals surface area contributed by atoms with Gasteiger partial charge in [0, 0.05) is 28.7 Å². The standard InChI is InChI=1S/C22H24Cl2N2O4/c1-29-19-7-5-14(10-20(19)30-2)6-8-21(27)26-9-3-4-18(26)22(28)25-17-12-15(23)11-16(24)13-17/h5,7,10-13,18H,3-4,6,8-9H2,1-2H3,(H,25,28). The predicted molar refractivity (Wildman–Crippen MR) is 118 cm³/mol. The van der Waals surface area contributed by atoms with E-state index in [9.17, 15) is 9.59 Å². The average molecular weight is 451 g/mol. The predicted octanol–water partition coefficient (Wildman–Crippen LogP) is 4.57. The Labute approximate surface area is 186 Å². The van der Waals surface area contributed by atoms with Crippen LogP contribution in [0.25, 0.3) is 0 Å². The first-order valence-electron chi connectivity index (χ1n) is 9.68. The van der Waals surface area contributed by atoms with E-state index in [1.165, 1.54) is 0 Å². The summed E-state index contributed by atoms with van der Waals surface area (Å²) in [6.07, 6.45) is 2.27. The number of amides is 2. The monoisotopic (exact) mass is 450 g/mol. The lowest BCUT2D eigenvalue weighted by molar-refractivity contribution is -0.136. The summed E-state index contributed by atoms with van der Waals surface area (Å²) in [4.78, 5) is 27.2. The first kappa shape index (κ1) is 22.2. The van der Waals surface area contributed by atoms with Crippen molar-refractivity contribution < 1.29 is 19.1 Å². The molecule has 1 N–H and O–H groups in total. The van der Waals surface area contributed by atoms with E-state index < -0.39 is 6.04 Å². The fraction of sp³-hybridized carbons (Fsp3) is 0.364. The van der Waals surface area contributed by atoms with Crippen LogP contribution in [-0.2, 0) is 16.0 Å². The maximum absolute atomic E-state index is 12.8. The normalized spacial score (nSPS) is 15.7. The first-order valence-corrected chi connectivity index (χ1v) is 10.4. The average Bonchev–Trinajstić information content (AvgIpc) is 3.21. The van der Waals surface area contributed by atoms with Crippen LogP contribution in [0.4, 0.5) is 5.69 Å². The number of hydrogen-bond acceptors (Lipinski definition) is 4. The lowest BCUT2D eigenvalue weighted by Gasteiger charge is -2.24. The molecule has 0 radical (unpaired) electrons. The van der Waals surface area contributed by atoms with Gasteiger partial charge in [-0.15, -0.1) is 0 Å². The summed E-state index contributed by atoms with van der Waals surface area (Å²) in [6, 6.07) is 9.95.